The van der Waals surface area contributed by atoms with E-state index < -0.39 is 0 Å². The van der Waals surface area contributed by atoms with Gasteiger partial charge in [0.15, 0.2) is 0 Å². The molecular formula is C18H21N3O2. The highest BCUT2D eigenvalue weighted by atomic mass is 16.5. The quantitative estimate of drug-likeness (QED) is 0.861. The van der Waals surface area contributed by atoms with E-state index in [9.17, 15) is 4.79 Å². The number of nitrogens with one attached hydrogen (secondary N) is 2. The van der Waals surface area contributed by atoms with E-state index in [1.165, 1.54) is 12.8 Å². The van der Waals surface area contributed by atoms with Crippen molar-refractivity contribution < 1.29 is 9.53 Å². The largest absolute Gasteiger partial charge is 0.497 e. The number of methoxy groups -OCH3 is 1. The number of carbonyl (C=O) groups excluding carboxylic acids is 1. The number of benzene rings is 1. The number of H-pyrrole nitrogens is 1. The van der Waals surface area contributed by atoms with Crippen LogP contribution in [-0.2, 0) is 0 Å². The molecule has 2 fully saturated rings. The Labute approximate surface area is 135 Å². The van der Waals surface area contributed by atoms with Gasteiger partial charge in [0, 0.05) is 11.6 Å². The first kappa shape index (κ1) is 14.3. The summed E-state index contributed by atoms with van der Waals surface area (Å²) in [5.41, 5.74) is 2.70. The number of carbonyl (C=O) groups is 1. The smallest absolute Gasteiger partial charge is 0.272 e. The Kier molecular flexibility index (Phi) is 3.56. The number of amides is 1. The molecule has 1 aromatic heterocycles. The van der Waals surface area contributed by atoms with Crippen molar-refractivity contribution in [2.75, 3.05) is 7.11 Å². The Morgan fingerprint density at radius 2 is 2.00 bits per heavy atom. The molecule has 0 aliphatic heterocycles. The summed E-state index contributed by atoms with van der Waals surface area (Å²) < 4.78 is 5.21. The van der Waals surface area contributed by atoms with Crippen LogP contribution in [0.4, 0.5) is 0 Å². The zero-order chi connectivity index (χ0) is 15.8. The fraction of sp³-hybridized carbons (Fsp3) is 0.444. The van der Waals surface area contributed by atoms with Gasteiger partial charge in [-0.25, -0.2) is 0 Å². The summed E-state index contributed by atoms with van der Waals surface area (Å²) >= 11 is 0. The highest BCUT2D eigenvalue weighted by molar-refractivity contribution is 5.92. The van der Waals surface area contributed by atoms with Crippen LogP contribution in [0.2, 0.25) is 0 Å². The molecule has 2 aliphatic carbocycles. The summed E-state index contributed by atoms with van der Waals surface area (Å²) in [6, 6.07) is 9.89. The molecule has 2 N–H and O–H groups in total. The Bertz CT molecular complexity index is 699. The maximum Gasteiger partial charge on any atom is 0.272 e. The van der Waals surface area contributed by atoms with Crippen LogP contribution in [0.15, 0.2) is 30.3 Å². The van der Waals surface area contributed by atoms with Crippen LogP contribution in [0.5, 0.6) is 5.75 Å². The summed E-state index contributed by atoms with van der Waals surface area (Å²) in [6.45, 7) is 0. The van der Waals surface area contributed by atoms with Crippen LogP contribution in [0.1, 0.15) is 59.4 Å². The van der Waals surface area contributed by atoms with E-state index in [0.717, 1.165) is 29.8 Å². The fourth-order valence-corrected chi connectivity index (χ4v) is 2.99. The minimum absolute atomic E-state index is 0.0504. The molecule has 4 rings (SSSR count). The molecule has 0 radical (unpaired) electrons. The van der Waals surface area contributed by atoms with E-state index >= 15 is 0 Å². The number of nitrogens with zero attached hydrogens (tertiary/aromatic N) is 1. The molecule has 5 nitrogen and oxygen atoms in total. The topological polar surface area (TPSA) is 67.0 Å². The van der Waals surface area contributed by atoms with E-state index in [1.807, 2.05) is 30.3 Å². The third-order valence-electron chi connectivity index (χ3n) is 4.70. The van der Waals surface area contributed by atoms with Gasteiger partial charge in [-0.3, -0.25) is 9.89 Å². The van der Waals surface area contributed by atoms with Crippen LogP contribution >= 0.6 is 0 Å². The van der Waals surface area contributed by atoms with Gasteiger partial charge < -0.3 is 10.1 Å². The Morgan fingerprint density at radius 3 is 2.61 bits per heavy atom. The number of ether oxygens (including phenoxy) is 1. The maximum absolute atomic E-state index is 12.5. The molecule has 2 aromatic rings. The monoisotopic (exact) mass is 311 g/mol. The average Bonchev–Trinajstić information content (AvgIpc) is 3.51. The lowest BCUT2D eigenvalue weighted by Gasteiger charge is -2.18. The summed E-state index contributed by atoms with van der Waals surface area (Å²) in [7, 11) is 1.66. The molecule has 23 heavy (non-hydrogen) atoms. The van der Waals surface area contributed by atoms with Crippen molar-refractivity contribution >= 4 is 5.91 Å². The Morgan fingerprint density at radius 1 is 1.26 bits per heavy atom. The zero-order valence-corrected chi connectivity index (χ0v) is 13.2. The molecule has 5 heteroatoms. The summed E-state index contributed by atoms with van der Waals surface area (Å²) in [6.07, 6.45) is 4.70. The standard InChI is InChI=1S/C18H21N3O2/c1-23-14-8-6-13(7-9-14)17(12-4-5-12)19-18(22)16-10-15(20-21-16)11-2-3-11/h6-12,17H,2-5H2,1H3,(H,19,22)(H,20,21). The van der Waals surface area contributed by atoms with Gasteiger partial charge in [0.25, 0.3) is 5.91 Å². The van der Waals surface area contributed by atoms with Gasteiger partial charge in [-0.15, -0.1) is 0 Å². The Balaban J connectivity index is 1.49. The van der Waals surface area contributed by atoms with Crippen LogP contribution in [0.3, 0.4) is 0 Å². The van der Waals surface area contributed by atoms with Crippen molar-refractivity contribution in [3.63, 3.8) is 0 Å². The molecule has 0 bridgehead atoms. The first-order chi connectivity index (χ1) is 11.2. The minimum Gasteiger partial charge on any atom is -0.497 e. The van der Waals surface area contributed by atoms with Crippen LogP contribution in [0.25, 0.3) is 0 Å². The van der Waals surface area contributed by atoms with E-state index in [0.29, 0.717) is 17.5 Å². The van der Waals surface area contributed by atoms with Crippen molar-refractivity contribution in [2.45, 2.75) is 37.6 Å². The first-order valence-corrected chi connectivity index (χ1v) is 8.24. The van der Waals surface area contributed by atoms with Gasteiger partial charge in [0.2, 0.25) is 0 Å². The van der Waals surface area contributed by atoms with Crippen molar-refractivity contribution in [2.24, 2.45) is 5.92 Å². The average molecular weight is 311 g/mol. The predicted molar refractivity (Wildman–Crippen MR) is 86.5 cm³/mol. The molecule has 1 atom stereocenters. The number of aromatic nitrogens is 2. The molecule has 0 saturated heterocycles. The molecule has 1 amide bonds. The lowest BCUT2D eigenvalue weighted by atomic mass is 10.0. The highest BCUT2D eigenvalue weighted by Gasteiger charge is 2.34. The lowest BCUT2D eigenvalue weighted by Crippen LogP contribution is -2.30. The second kappa shape index (κ2) is 5.72. The van der Waals surface area contributed by atoms with Crippen molar-refractivity contribution in [1.29, 1.82) is 0 Å². The third-order valence-corrected chi connectivity index (χ3v) is 4.70. The van der Waals surface area contributed by atoms with E-state index in [1.54, 1.807) is 7.11 Å². The Hall–Kier alpha value is -2.30. The van der Waals surface area contributed by atoms with Crippen molar-refractivity contribution in [1.82, 2.24) is 15.5 Å². The number of hydrogen-bond donors (Lipinski definition) is 2. The van der Waals surface area contributed by atoms with Gasteiger partial charge in [-0.05, 0) is 55.4 Å². The molecule has 2 saturated carbocycles. The van der Waals surface area contributed by atoms with Crippen LogP contribution in [0, 0.1) is 5.92 Å². The molecule has 1 unspecified atom stereocenters. The van der Waals surface area contributed by atoms with Gasteiger partial charge in [0.05, 0.1) is 13.2 Å². The molecule has 1 heterocycles. The minimum atomic E-state index is -0.0964. The summed E-state index contributed by atoms with van der Waals surface area (Å²) in [5.74, 6) is 1.83. The van der Waals surface area contributed by atoms with E-state index in [2.05, 4.69) is 15.5 Å². The van der Waals surface area contributed by atoms with Crippen molar-refractivity contribution in [3.05, 3.63) is 47.3 Å². The second-order valence-corrected chi connectivity index (χ2v) is 6.54. The SMILES string of the molecule is COc1ccc(C(NC(=O)c2cc(C3CC3)[nH]n2)C2CC2)cc1. The highest BCUT2D eigenvalue weighted by Crippen LogP contribution is 2.42. The normalized spacial score (nSPS) is 18.5. The van der Waals surface area contributed by atoms with Gasteiger partial charge in [-0.1, -0.05) is 12.1 Å². The predicted octanol–water partition coefficient (Wildman–Crippen LogP) is 3.18. The molecule has 0 spiro atoms. The summed E-state index contributed by atoms with van der Waals surface area (Å²) in [5, 5.41) is 10.3. The van der Waals surface area contributed by atoms with Gasteiger partial charge >= 0.3 is 0 Å². The van der Waals surface area contributed by atoms with Crippen LogP contribution in [-0.4, -0.2) is 23.2 Å². The molecule has 1 aromatic carbocycles. The number of hydrogen-bond acceptors (Lipinski definition) is 3. The van der Waals surface area contributed by atoms with E-state index in [-0.39, 0.29) is 11.9 Å². The zero-order valence-electron chi connectivity index (χ0n) is 13.2. The first-order valence-electron chi connectivity index (χ1n) is 8.24. The number of rotatable bonds is 6. The maximum atomic E-state index is 12.5. The van der Waals surface area contributed by atoms with Gasteiger partial charge in [0.1, 0.15) is 11.4 Å². The molecular weight excluding hydrogens is 290 g/mol. The summed E-state index contributed by atoms with van der Waals surface area (Å²) in [4.78, 5) is 12.5. The van der Waals surface area contributed by atoms with E-state index in [4.69, 9.17) is 4.74 Å². The number of aromatic amines is 1. The second-order valence-electron chi connectivity index (χ2n) is 6.54. The van der Waals surface area contributed by atoms with Gasteiger partial charge in [-0.2, -0.15) is 5.10 Å². The van der Waals surface area contributed by atoms with Crippen molar-refractivity contribution in [3.8, 4) is 5.75 Å². The molecule has 2 aliphatic rings. The lowest BCUT2D eigenvalue weighted by molar-refractivity contribution is 0.0926. The van der Waals surface area contributed by atoms with Crippen LogP contribution < -0.4 is 10.1 Å². The molecule has 120 valence electrons. The fourth-order valence-electron chi connectivity index (χ4n) is 2.99. The third kappa shape index (κ3) is 3.09.